The van der Waals surface area contributed by atoms with Crippen molar-refractivity contribution in [2.45, 2.75) is 18.6 Å². The van der Waals surface area contributed by atoms with Crippen LogP contribution in [-0.4, -0.2) is 78.0 Å². The Bertz CT molecular complexity index is 931. The van der Waals surface area contributed by atoms with Gasteiger partial charge in [-0.25, -0.2) is 9.18 Å². The van der Waals surface area contributed by atoms with Crippen molar-refractivity contribution in [1.82, 2.24) is 10.1 Å². The summed E-state index contributed by atoms with van der Waals surface area (Å²) in [7, 11) is 0. The van der Waals surface area contributed by atoms with Gasteiger partial charge in [0, 0.05) is 24.7 Å². The summed E-state index contributed by atoms with van der Waals surface area (Å²) in [4.78, 5) is 15.6. The Balaban J connectivity index is 1.40. The van der Waals surface area contributed by atoms with Gasteiger partial charge in [-0.15, -0.1) is 0 Å². The predicted molar refractivity (Wildman–Crippen MR) is 108 cm³/mol. The van der Waals surface area contributed by atoms with Gasteiger partial charge in [0.15, 0.2) is 6.10 Å². The number of carbonyl (C=O) groups excluding carboxylic acids is 1. The van der Waals surface area contributed by atoms with Gasteiger partial charge in [-0.1, -0.05) is 6.08 Å². The number of benzene rings is 1. The third kappa shape index (κ3) is 4.71. The lowest BCUT2D eigenvalue weighted by Crippen LogP contribution is -2.42. The van der Waals surface area contributed by atoms with Gasteiger partial charge >= 0.3 is 6.09 Å². The van der Waals surface area contributed by atoms with Crippen molar-refractivity contribution >= 4 is 17.4 Å². The molecule has 9 nitrogen and oxygen atoms in total. The van der Waals surface area contributed by atoms with Crippen LogP contribution < -0.4 is 9.64 Å². The van der Waals surface area contributed by atoms with Gasteiger partial charge in [-0.3, -0.25) is 9.80 Å². The zero-order valence-corrected chi connectivity index (χ0v) is 16.8. The number of aliphatic hydroxyl groups excluding tert-OH is 2. The van der Waals surface area contributed by atoms with Gasteiger partial charge in [-0.05, 0) is 35.3 Å². The number of anilines is 1. The van der Waals surface area contributed by atoms with Crippen molar-refractivity contribution in [2.24, 2.45) is 0 Å². The quantitative estimate of drug-likeness (QED) is 0.647. The normalized spacial score (nSPS) is 19.6. The number of hydrogen-bond acceptors (Lipinski definition) is 8. The van der Waals surface area contributed by atoms with Crippen molar-refractivity contribution in [3.05, 3.63) is 48.0 Å². The van der Waals surface area contributed by atoms with E-state index in [1.807, 2.05) is 11.0 Å². The van der Waals surface area contributed by atoms with Crippen molar-refractivity contribution in [1.29, 1.82) is 0 Å². The zero-order valence-electron chi connectivity index (χ0n) is 16.8. The Morgan fingerprint density at radius 2 is 2.13 bits per heavy atom. The molecule has 2 aliphatic rings. The molecule has 31 heavy (non-hydrogen) atoms. The van der Waals surface area contributed by atoms with E-state index in [4.69, 9.17) is 9.47 Å². The summed E-state index contributed by atoms with van der Waals surface area (Å²) in [6, 6.07) is 5.92. The van der Waals surface area contributed by atoms with E-state index in [0.717, 1.165) is 5.57 Å². The second kappa shape index (κ2) is 9.46. The fourth-order valence-electron chi connectivity index (χ4n) is 3.76. The molecule has 1 aromatic carbocycles. The van der Waals surface area contributed by atoms with E-state index >= 15 is 0 Å². The largest absolute Gasteiger partial charge is 0.471 e. The summed E-state index contributed by atoms with van der Waals surface area (Å²) in [5, 5.41) is 22.3. The molecule has 0 aliphatic carbocycles. The number of aromatic nitrogens is 1. The number of nitrogens with zero attached hydrogens (tertiary/aromatic N) is 3. The van der Waals surface area contributed by atoms with Crippen LogP contribution in [0.5, 0.6) is 5.88 Å². The van der Waals surface area contributed by atoms with Crippen LogP contribution in [0.3, 0.4) is 0 Å². The van der Waals surface area contributed by atoms with E-state index < -0.39 is 18.0 Å². The standard InChI is InChI=1S/C21H24FN3O6/c22-19-9-15(25-10-17(31-21(25)28)13-29-20-5-8-30-23-20)1-2-18(19)14-3-6-24(7-4-14)16(11-26)12-27/h1-3,5,8-9,16-17,26-27H,4,6-7,10-13H2/t17-/m1/s1. The molecule has 1 amide bonds. The molecule has 166 valence electrons. The van der Waals surface area contributed by atoms with Gasteiger partial charge in [0.1, 0.15) is 18.7 Å². The van der Waals surface area contributed by atoms with Gasteiger partial charge in [0.25, 0.3) is 5.88 Å². The van der Waals surface area contributed by atoms with Gasteiger partial charge in [0.2, 0.25) is 0 Å². The Kier molecular flexibility index (Phi) is 6.50. The summed E-state index contributed by atoms with van der Waals surface area (Å²) in [5.41, 5.74) is 1.75. The second-order valence-corrected chi connectivity index (χ2v) is 7.42. The smallest absolute Gasteiger partial charge is 0.414 e. The molecule has 1 saturated heterocycles. The maximum atomic E-state index is 14.9. The zero-order chi connectivity index (χ0) is 21.8. The van der Waals surface area contributed by atoms with Crippen LogP contribution >= 0.6 is 0 Å². The van der Waals surface area contributed by atoms with Crippen LogP contribution in [0.15, 0.2) is 41.1 Å². The molecule has 2 N–H and O–H groups in total. The molecular weight excluding hydrogens is 409 g/mol. The average molecular weight is 433 g/mol. The highest BCUT2D eigenvalue weighted by Gasteiger charge is 2.33. The van der Waals surface area contributed by atoms with Crippen molar-refractivity contribution < 1.29 is 33.4 Å². The second-order valence-electron chi connectivity index (χ2n) is 7.42. The van der Waals surface area contributed by atoms with Crippen LogP contribution in [0.4, 0.5) is 14.9 Å². The van der Waals surface area contributed by atoms with Crippen LogP contribution in [0.1, 0.15) is 12.0 Å². The van der Waals surface area contributed by atoms with Crippen molar-refractivity contribution in [2.75, 3.05) is 44.4 Å². The maximum Gasteiger partial charge on any atom is 0.414 e. The van der Waals surface area contributed by atoms with Gasteiger partial charge < -0.3 is 24.2 Å². The molecule has 4 rings (SSSR count). The van der Waals surface area contributed by atoms with E-state index in [0.29, 0.717) is 36.6 Å². The molecule has 2 aliphatic heterocycles. The van der Waals surface area contributed by atoms with Crippen LogP contribution in [-0.2, 0) is 4.74 Å². The monoisotopic (exact) mass is 433 g/mol. The van der Waals surface area contributed by atoms with E-state index in [-0.39, 0.29) is 32.4 Å². The first kappa shape index (κ1) is 21.3. The highest BCUT2D eigenvalue weighted by Crippen LogP contribution is 2.30. The molecule has 0 radical (unpaired) electrons. The van der Waals surface area contributed by atoms with Crippen LogP contribution in [0, 0.1) is 5.82 Å². The fraction of sp³-hybridized carbons (Fsp3) is 0.429. The fourth-order valence-corrected chi connectivity index (χ4v) is 3.76. The molecule has 0 bridgehead atoms. The van der Waals surface area contributed by atoms with Crippen molar-refractivity contribution in [3.63, 3.8) is 0 Å². The van der Waals surface area contributed by atoms with E-state index in [1.54, 1.807) is 18.2 Å². The molecular formula is C21H24FN3O6. The molecule has 0 saturated carbocycles. The third-order valence-electron chi connectivity index (χ3n) is 5.49. The first-order chi connectivity index (χ1) is 15.1. The summed E-state index contributed by atoms with van der Waals surface area (Å²) in [6.45, 7) is 1.23. The molecule has 0 spiro atoms. The summed E-state index contributed by atoms with van der Waals surface area (Å²) in [5.74, 6) is -0.123. The Hall–Kier alpha value is -2.95. The highest BCUT2D eigenvalue weighted by atomic mass is 19.1. The van der Waals surface area contributed by atoms with E-state index in [1.165, 1.54) is 17.2 Å². The lowest BCUT2D eigenvalue weighted by Gasteiger charge is -2.32. The van der Waals surface area contributed by atoms with Crippen molar-refractivity contribution in [3.8, 4) is 5.88 Å². The minimum atomic E-state index is -0.563. The first-order valence-corrected chi connectivity index (χ1v) is 10.0. The lowest BCUT2D eigenvalue weighted by atomic mass is 9.97. The molecule has 10 heteroatoms. The number of cyclic esters (lactones) is 1. The molecule has 1 fully saturated rings. The topological polar surface area (TPSA) is 108 Å². The van der Waals surface area contributed by atoms with E-state index in [9.17, 15) is 19.4 Å². The predicted octanol–water partition coefficient (Wildman–Crippen LogP) is 1.66. The number of rotatable bonds is 8. The Morgan fingerprint density at radius 3 is 2.77 bits per heavy atom. The lowest BCUT2D eigenvalue weighted by molar-refractivity contribution is 0.0813. The van der Waals surface area contributed by atoms with Crippen LogP contribution in [0.25, 0.3) is 5.57 Å². The number of amides is 1. The summed E-state index contributed by atoms with van der Waals surface area (Å²) in [6.07, 6.45) is 2.81. The molecule has 1 aromatic heterocycles. The van der Waals surface area contributed by atoms with E-state index in [2.05, 4.69) is 9.68 Å². The Morgan fingerprint density at radius 1 is 1.29 bits per heavy atom. The number of halogens is 1. The number of ether oxygens (including phenoxy) is 2. The minimum Gasteiger partial charge on any atom is -0.471 e. The average Bonchev–Trinajstić information content (AvgIpc) is 3.43. The minimum absolute atomic E-state index is 0.112. The number of aliphatic hydroxyl groups is 2. The molecule has 2 aromatic rings. The number of carbonyl (C=O) groups is 1. The first-order valence-electron chi connectivity index (χ1n) is 10.0. The highest BCUT2D eigenvalue weighted by molar-refractivity contribution is 5.90. The third-order valence-corrected chi connectivity index (χ3v) is 5.49. The number of hydrogen-bond donors (Lipinski definition) is 2. The molecule has 0 unspecified atom stereocenters. The summed E-state index contributed by atoms with van der Waals surface area (Å²) < 4.78 is 30.3. The Labute approximate surface area is 178 Å². The summed E-state index contributed by atoms with van der Waals surface area (Å²) >= 11 is 0. The van der Waals surface area contributed by atoms with Crippen LogP contribution in [0.2, 0.25) is 0 Å². The van der Waals surface area contributed by atoms with Gasteiger partial charge in [-0.2, -0.15) is 0 Å². The SMILES string of the molecule is O=C1O[C@@H](COc2ccon2)CN1c1ccc(C2=CCN(C(CO)CO)CC2)c(F)c1. The molecule has 1 atom stereocenters. The van der Waals surface area contributed by atoms with Gasteiger partial charge in [0.05, 0.1) is 31.5 Å². The maximum absolute atomic E-state index is 14.9. The molecule has 3 heterocycles.